The van der Waals surface area contributed by atoms with Gasteiger partial charge in [0, 0.05) is 18.7 Å². The lowest BCUT2D eigenvalue weighted by Gasteiger charge is -2.16. The number of likely N-dealkylation sites (tertiary alicyclic amines) is 1. The molecule has 1 aliphatic heterocycles. The lowest BCUT2D eigenvalue weighted by Crippen LogP contribution is -2.29. The fourth-order valence-electron chi connectivity index (χ4n) is 2.41. The van der Waals surface area contributed by atoms with Crippen LogP contribution in [0.25, 0.3) is 0 Å². The second-order valence-electron chi connectivity index (χ2n) is 5.00. The molecule has 0 aromatic heterocycles. The minimum absolute atomic E-state index is 0.0104. The Kier molecular flexibility index (Phi) is 3.36. The highest BCUT2D eigenvalue weighted by Gasteiger charge is 2.37. The van der Waals surface area contributed by atoms with Crippen molar-refractivity contribution < 1.29 is 14.7 Å². The Balaban J connectivity index is 2.14. The molecule has 18 heavy (non-hydrogen) atoms. The van der Waals surface area contributed by atoms with E-state index < -0.39 is 11.9 Å². The van der Waals surface area contributed by atoms with Crippen molar-refractivity contribution in [3.05, 3.63) is 35.4 Å². The van der Waals surface area contributed by atoms with E-state index in [4.69, 9.17) is 5.11 Å². The molecule has 2 rings (SSSR count). The molecular formula is C14H17NO3. The molecule has 1 heterocycles. The maximum Gasteiger partial charge on any atom is 0.308 e. The summed E-state index contributed by atoms with van der Waals surface area (Å²) in [4.78, 5) is 24.9. The molecular weight excluding hydrogens is 230 g/mol. The molecule has 4 nitrogen and oxygen atoms in total. The van der Waals surface area contributed by atoms with Crippen LogP contribution in [0.15, 0.2) is 24.3 Å². The quantitative estimate of drug-likeness (QED) is 0.866. The molecule has 1 aromatic carbocycles. The number of rotatable bonds is 2. The first-order chi connectivity index (χ1) is 8.49. The lowest BCUT2D eigenvalue weighted by atomic mass is 9.99. The molecule has 4 heteroatoms. The topological polar surface area (TPSA) is 57.6 Å². The van der Waals surface area contributed by atoms with Gasteiger partial charge in [-0.15, -0.1) is 0 Å². The van der Waals surface area contributed by atoms with Crippen LogP contribution in [0.1, 0.15) is 22.8 Å². The minimum atomic E-state index is -0.818. The Hall–Kier alpha value is -1.84. The van der Waals surface area contributed by atoms with Crippen molar-refractivity contribution in [2.75, 3.05) is 13.1 Å². The second-order valence-corrected chi connectivity index (χ2v) is 5.00. The predicted molar refractivity (Wildman–Crippen MR) is 67.4 cm³/mol. The van der Waals surface area contributed by atoms with Crippen molar-refractivity contribution >= 4 is 11.9 Å². The van der Waals surface area contributed by atoms with Crippen LogP contribution in [-0.2, 0) is 4.79 Å². The molecule has 1 amide bonds. The van der Waals surface area contributed by atoms with Crippen molar-refractivity contribution in [3.8, 4) is 0 Å². The molecule has 0 bridgehead atoms. The van der Waals surface area contributed by atoms with Crippen molar-refractivity contribution in [2.24, 2.45) is 11.8 Å². The van der Waals surface area contributed by atoms with Crippen LogP contribution in [-0.4, -0.2) is 35.0 Å². The summed E-state index contributed by atoms with van der Waals surface area (Å²) in [6, 6.07) is 7.38. The summed E-state index contributed by atoms with van der Waals surface area (Å²) in [5, 5.41) is 9.06. The number of amides is 1. The number of carbonyl (C=O) groups excluding carboxylic acids is 1. The summed E-state index contributed by atoms with van der Waals surface area (Å²) >= 11 is 0. The van der Waals surface area contributed by atoms with Crippen LogP contribution in [0.4, 0.5) is 0 Å². The number of carboxylic acid groups (broad SMARTS) is 1. The number of aliphatic carboxylic acids is 1. The average Bonchev–Trinajstić information content (AvgIpc) is 2.70. The molecule has 0 aliphatic carbocycles. The van der Waals surface area contributed by atoms with Crippen LogP contribution in [0, 0.1) is 18.8 Å². The van der Waals surface area contributed by atoms with Gasteiger partial charge in [-0.05, 0) is 25.0 Å². The largest absolute Gasteiger partial charge is 0.481 e. The molecule has 1 fully saturated rings. The Morgan fingerprint density at radius 2 is 2.06 bits per heavy atom. The summed E-state index contributed by atoms with van der Waals surface area (Å²) in [5.74, 6) is -1.33. The van der Waals surface area contributed by atoms with E-state index in [-0.39, 0.29) is 11.8 Å². The van der Waals surface area contributed by atoms with Crippen molar-refractivity contribution in [2.45, 2.75) is 13.8 Å². The average molecular weight is 247 g/mol. The third-order valence-corrected chi connectivity index (χ3v) is 3.48. The van der Waals surface area contributed by atoms with E-state index in [0.29, 0.717) is 18.7 Å². The summed E-state index contributed by atoms with van der Waals surface area (Å²) < 4.78 is 0. The number of hydrogen-bond donors (Lipinski definition) is 1. The highest BCUT2D eigenvalue weighted by atomic mass is 16.4. The maximum atomic E-state index is 12.2. The number of hydrogen-bond acceptors (Lipinski definition) is 2. The van der Waals surface area contributed by atoms with Crippen molar-refractivity contribution in [1.82, 2.24) is 4.90 Å². The highest BCUT2D eigenvalue weighted by molar-refractivity contribution is 5.95. The van der Waals surface area contributed by atoms with Crippen molar-refractivity contribution in [1.29, 1.82) is 0 Å². The van der Waals surface area contributed by atoms with Gasteiger partial charge in [0.1, 0.15) is 0 Å². The zero-order valence-electron chi connectivity index (χ0n) is 10.6. The normalized spacial score (nSPS) is 23.1. The summed E-state index contributed by atoms with van der Waals surface area (Å²) in [5.41, 5.74) is 1.66. The first-order valence-corrected chi connectivity index (χ1v) is 6.08. The van der Waals surface area contributed by atoms with E-state index in [1.165, 1.54) is 0 Å². The number of aryl methyl sites for hydroxylation is 1. The highest BCUT2D eigenvalue weighted by Crippen LogP contribution is 2.24. The van der Waals surface area contributed by atoms with E-state index in [1.54, 1.807) is 11.0 Å². The maximum absolute atomic E-state index is 12.2. The van der Waals surface area contributed by atoms with Gasteiger partial charge in [0.25, 0.3) is 5.91 Å². The van der Waals surface area contributed by atoms with Gasteiger partial charge in [0.15, 0.2) is 0 Å². The minimum Gasteiger partial charge on any atom is -0.481 e. The molecule has 1 aliphatic rings. The van der Waals surface area contributed by atoms with Gasteiger partial charge in [-0.2, -0.15) is 0 Å². The van der Waals surface area contributed by atoms with Crippen LogP contribution in [0.2, 0.25) is 0 Å². The molecule has 96 valence electrons. The van der Waals surface area contributed by atoms with Gasteiger partial charge in [-0.3, -0.25) is 9.59 Å². The molecule has 2 unspecified atom stereocenters. The Morgan fingerprint density at radius 3 is 2.61 bits per heavy atom. The number of nitrogens with zero attached hydrogens (tertiary/aromatic N) is 1. The van der Waals surface area contributed by atoms with E-state index in [2.05, 4.69) is 0 Å². The Morgan fingerprint density at radius 1 is 1.33 bits per heavy atom. The van der Waals surface area contributed by atoms with Gasteiger partial charge in [-0.1, -0.05) is 24.6 Å². The van der Waals surface area contributed by atoms with Gasteiger partial charge >= 0.3 is 5.97 Å². The Labute approximate surface area is 106 Å². The number of benzene rings is 1. The van der Waals surface area contributed by atoms with Crippen LogP contribution in [0.3, 0.4) is 0 Å². The summed E-state index contributed by atoms with van der Waals surface area (Å²) in [6.45, 7) is 4.64. The van der Waals surface area contributed by atoms with Crippen LogP contribution in [0.5, 0.6) is 0 Å². The second kappa shape index (κ2) is 4.80. The smallest absolute Gasteiger partial charge is 0.308 e. The van der Waals surface area contributed by atoms with Crippen molar-refractivity contribution in [3.63, 3.8) is 0 Å². The fourth-order valence-corrected chi connectivity index (χ4v) is 2.41. The van der Waals surface area contributed by atoms with E-state index in [0.717, 1.165) is 5.56 Å². The van der Waals surface area contributed by atoms with Gasteiger partial charge in [0.2, 0.25) is 0 Å². The summed E-state index contributed by atoms with van der Waals surface area (Å²) in [6.07, 6.45) is 0. The zero-order chi connectivity index (χ0) is 13.3. The fraction of sp³-hybridized carbons (Fsp3) is 0.429. The molecule has 0 saturated carbocycles. The Bertz CT molecular complexity index is 484. The van der Waals surface area contributed by atoms with Gasteiger partial charge in [-0.25, -0.2) is 0 Å². The van der Waals surface area contributed by atoms with Gasteiger partial charge < -0.3 is 10.0 Å². The number of carbonyl (C=O) groups is 2. The molecule has 0 spiro atoms. The first kappa shape index (κ1) is 12.6. The zero-order valence-corrected chi connectivity index (χ0v) is 10.6. The van der Waals surface area contributed by atoms with Gasteiger partial charge in [0.05, 0.1) is 5.92 Å². The van der Waals surface area contributed by atoms with Crippen LogP contribution >= 0.6 is 0 Å². The number of carboxylic acids is 1. The predicted octanol–water partition coefficient (Wildman–Crippen LogP) is 1.79. The van der Waals surface area contributed by atoms with E-state index in [9.17, 15) is 9.59 Å². The molecule has 2 atom stereocenters. The standard InChI is InChI=1S/C14H17NO3/c1-9-4-3-5-11(6-9)13(16)15-7-10(2)12(8-15)14(17)18/h3-6,10,12H,7-8H2,1-2H3,(H,17,18). The molecule has 1 N–H and O–H groups in total. The monoisotopic (exact) mass is 247 g/mol. The molecule has 1 aromatic rings. The third-order valence-electron chi connectivity index (χ3n) is 3.48. The molecule has 1 saturated heterocycles. The summed E-state index contributed by atoms with van der Waals surface area (Å²) in [7, 11) is 0. The molecule has 0 radical (unpaired) electrons. The van der Waals surface area contributed by atoms with E-state index in [1.807, 2.05) is 32.0 Å². The van der Waals surface area contributed by atoms with Crippen LogP contribution < -0.4 is 0 Å². The first-order valence-electron chi connectivity index (χ1n) is 6.08. The third kappa shape index (κ3) is 2.37. The SMILES string of the molecule is Cc1cccc(C(=O)N2CC(C)C(C(=O)O)C2)c1. The lowest BCUT2D eigenvalue weighted by molar-refractivity contribution is -0.142. The van der Waals surface area contributed by atoms with E-state index >= 15 is 0 Å².